The first-order valence-electron chi connectivity index (χ1n) is 5.55. The molecule has 18 heteroatoms. The molecule has 1 saturated heterocycles. The lowest BCUT2D eigenvalue weighted by molar-refractivity contribution is -0.579. The quantitative estimate of drug-likeness (QED) is 0.474. The van der Waals surface area contributed by atoms with Crippen LogP contribution in [0.4, 0.5) is 70.2 Å². The van der Waals surface area contributed by atoms with E-state index in [1.54, 1.807) is 0 Å². The van der Waals surface area contributed by atoms with E-state index in [9.17, 15) is 70.2 Å². The van der Waals surface area contributed by atoms with Crippen LogP contribution in [0.25, 0.3) is 0 Å². The molecule has 0 aromatic carbocycles. The second-order valence-electron chi connectivity index (χ2n) is 4.68. The van der Waals surface area contributed by atoms with Crippen molar-refractivity contribution in [1.29, 1.82) is 0 Å². The van der Waals surface area contributed by atoms with E-state index >= 15 is 0 Å². The Balaban J connectivity index is 3.88. The van der Waals surface area contributed by atoms with Crippen LogP contribution in [-0.4, -0.2) is 58.9 Å². The molecule has 0 saturated carbocycles. The Morgan fingerprint density at radius 2 is 0.808 bits per heavy atom. The van der Waals surface area contributed by atoms with Gasteiger partial charge in [-0.1, -0.05) is 4.90 Å². The van der Waals surface area contributed by atoms with Crippen molar-refractivity contribution < 1.29 is 70.2 Å². The highest BCUT2D eigenvalue weighted by atomic mass is 19.4. The molecule has 1 rings (SSSR count). The van der Waals surface area contributed by atoms with Crippen molar-refractivity contribution in [3.8, 4) is 0 Å². The summed E-state index contributed by atoms with van der Waals surface area (Å²) in [6, 6.07) is -38.0. The van der Waals surface area contributed by atoms with Gasteiger partial charge in [0.25, 0.3) is 0 Å². The maximum absolute atomic E-state index is 13.3. The highest BCUT2D eigenvalue weighted by Crippen LogP contribution is 2.63. The van der Waals surface area contributed by atoms with E-state index in [1.807, 2.05) is 0 Å². The standard InChI is InChI=1S/C8H2F16N2/c9-1-2(10,11)3(12,13)25-4(14,15)6(18,19)26(8(22,23)24)7(20,21)5(25,16)17/h1H2. The molecule has 26 heavy (non-hydrogen) atoms. The molecule has 0 radical (unpaired) electrons. The van der Waals surface area contributed by atoms with Gasteiger partial charge >= 0.3 is 42.5 Å². The molecular formula is C8H2F16N2. The molecule has 0 N–H and O–H groups in total. The number of alkyl halides is 16. The summed E-state index contributed by atoms with van der Waals surface area (Å²) in [5.74, 6) is -6.69. The van der Waals surface area contributed by atoms with Gasteiger partial charge in [0, 0.05) is 0 Å². The van der Waals surface area contributed by atoms with Gasteiger partial charge in [-0.15, -0.1) is 4.90 Å². The van der Waals surface area contributed by atoms with Crippen LogP contribution in [-0.2, 0) is 0 Å². The monoisotopic (exact) mass is 430 g/mol. The summed E-state index contributed by atoms with van der Waals surface area (Å²) in [5.41, 5.74) is 0. The first-order valence-corrected chi connectivity index (χ1v) is 5.55. The van der Waals surface area contributed by atoms with E-state index < -0.39 is 58.9 Å². The molecule has 1 heterocycles. The molecule has 0 unspecified atom stereocenters. The van der Waals surface area contributed by atoms with Crippen molar-refractivity contribution in [3.63, 3.8) is 0 Å². The van der Waals surface area contributed by atoms with Crippen molar-refractivity contribution in [2.75, 3.05) is 6.67 Å². The first kappa shape index (κ1) is 22.8. The van der Waals surface area contributed by atoms with Gasteiger partial charge in [0.1, 0.15) is 0 Å². The van der Waals surface area contributed by atoms with Gasteiger partial charge in [-0.25, -0.2) is 4.39 Å². The van der Waals surface area contributed by atoms with E-state index in [4.69, 9.17) is 0 Å². The largest absolute Gasteiger partial charge is 0.469 e. The SMILES string of the molecule is FCC(F)(F)C(F)(F)N1C(F)(F)C(F)(F)N(C(F)(F)F)C(F)(F)C1(F)F. The van der Waals surface area contributed by atoms with Crippen molar-refractivity contribution in [3.05, 3.63) is 0 Å². The zero-order chi connectivity index (χ0) is 21.4. The normalized spacial score (nSPS) is 26.8. The topological polar surface area (TPSA) is 6.48 Å². The Morgan fingerprint density at radius 1 is 0.538 bits per heavy atom. The number of rotatable bonds is 3. The average molecular weight is 430 g/mol. The molecule has 0 spiro atoms. The second-order valence-corrected chi connectivity index (χ2v) is 4.68. The Morgan fingerprint density at radius 3 is 1.04 bits per heavy atom. The highest BCUT2D eigenvalue weighted by molar-refractivity contribution is 5.07. The molecule has 2 nitrogen and oxygen atoms in total. The summed E-state index contributed by atoms with van der Waals surface area (Å²) >= 11 is 0. The molecule has 0 aliphatic carbocycles. The van der Waals surface area contributed by atoms with E-state index in [0.717, 1.165) is 0 Å². The fourth-order valence-electron chi connectivity index (χ4n) is 1.81. The Bertz CT molecular complexity index is 521. The van der Waals surface area contributed by atoms with E-state index in [1.165, 1.54) is 0 Å². The zero-order valence-electron chi connectivity index (χ0n) is 11.1. The van der Waals surface area contributed by atoms with Gasteiger partial charge in [-0.3, -0.25) is 0 Å². The lowest BCUT2D eigenvalue weighted by Crippen LogP contribution is -2.86. The van der Waals surface area contributed by atoms with Gasteiger partial charge in [0.15, 0.2) is 6.67 Å². The van der Waals surface area contributed by atoms with Crippen molar-refractivity contribution >= 4 is 0 Å². The summed E-state index contributed by atoms with van der Waals surface area (Å²) in [7, 11) is 0. The highest BCUT2D eigenvalue weighted by Gasteiger charge is 2.93. The summed E-state index contributed by atoms with van der Waals surface area (Å²) in [6.45, 7) is -3.79. The Hall–Kier alpha value is -1.20. The first-order chi connectivity index (χ1) is 11.0. The molecule has 0 aromatic rings. The van der Waals surface area contributed by atoms with Gasteiger partial charge < -0.3 is 0 Å². The van der Waals surface area contributed by atoms with Crippen LogP contribution >= 0.6 is 0 Å². The molecular weight excluding hydrogens is 428 g/mol. The number of hydrogen-bond acceptors (Lipinski definition) is 2. The van der Waals surface area contributed by atoms with Crippen molar-refractivity contribution in [2.45, 2.75) is 42.5 Å². The maximum atomic E-state index is 13.3. The zero-order valence-corrected chi connectivity index (χ0v) is 11.1. The lowest BCUT2D eigenvalue weighted by Gasteiger charge is -2.55. The third kappa shape index (κ3) is 2.58. The smallest absolute Gasteiger partial charge is 0.244 e. The lowest BCUT2D eigenvalue weighted by atomic mass is 10.1. The van der Waals surface area contributed by atoms with Gasteiger partial charge in [0.2, 0.25) is 0 Å². The predicted molar refractivity (Wildman–Crippen MR) is 45.4 cm³/mol. The predicted octanol–water partition coefficient (Wildman–Crippen LogP) is 4.69. The fourth-order valence-corrected chi connectivity index (χ4v) is 1.81. The molecule has 0 atom stereocenters. The number of hydrogen-bond donors (Lipinski definition) is 0. The molecule has 1 fully saturated rings. The van der Waals surface area contributed by atoms with Crippen LogP contribution in [0.5, 0.6) is 0 Å². The van der Waals surface area contributed by atoms with Crippen molar-refractivity contribution in [1.82, 2.24) is 9.80 Å². The summed E-state index contributed by atoms with van der Waals surface area (Å²) in [6.07, 6.45) is -7.37. The van der Waals surface area contributed by atoms with Crippen LogP contribution in [0.3, 0.4) is 0 Å². The van der Waals surface area contributed by atoms with Crippen LogP contribution in [0.2, 0.25) is 0 Å². The van der Waals surface area contributed by atoms with Crippen LogP contribution < -0.4 is 0 Å². The minimum absolute atomic E-state index is 3.79. The fraction of sp³-hybridized carbons (Fsp3) is 1.00. The molecule has 0 amide bonds. The van der Waals surface area contributed by atoms with E-state index in [-0.39, 0.29) is 0 Å². The van der Waals surface area contributed by atoms with Crippen LogP contribution in [0, 0.1) is 0 Å². The van der Waals surface area contributed by atoms with Gasteiger partial charge in [0.05, 0.1) is 0 Å². The van der Waals surface area contributed by atoms with Gasteiger partial charge in [-0.05, 0) is 0 Å². The summed E-state index contributed by atoms with van der Waals surface area (Å²) < 4.78 is 206. The number of halogens is 16. The summed E-state index contributed by atoms with van der Waals surface area (Å²) in [5, 5.41) is 0. The third-order valence-electron chi connectivity index (χ3n) is 2.99. The number of piperazine rings is 1. The molecule has 0 bridgehead atoms. The van der Waals surface area contributed by atoms with E-state index in [2.05, 4.69) is 0 Å². The van der Waals surface area contributed by atoms with Crippen LogP contribution in [0.1, 0.15) is 0 Å². The summed E-state index contributed by atoms with van der Waals surface area (Å²) in [4.78, 5) is -8.16. The maximum Gasteiger partial charge on any atom is 0.469 e. The van der Waals surface area contributed by atoms with Crippen LogP contribution in [0.15, 0.2) is 0 Å². The Labute approximate surface area is 130 Å². The second kappa shape index (κ2) is 5.41. The van der Waals surface area contributed by atoms with Gasteiger partial charge in [-0.2, -0.15) is 65.9 Å². The minimum atomic E-state index is -7.67. The molecule has 0 aromatic heterocycles. The average Bonchev–Trinajstić information content (AvgIpc) is 2.32. The Kier molecular flexibility index (Phi) is 4.76. The molecule has 156 valence electrons. The van der Waals surface area contributed by atoms with E-state index in [0.29, 0.717) is 0 Å². The molecule has 1 aliphatic heterocycles. The molecule has 1 aliphatic rings. The minimum Gasteiger partial charge on any atom is -0.244 e. The van der Waals surface area contributed by atoms with Crippen molar-refractivity contribution in [2.24, 2.45) is 0 Å². The number of nitrogens with zero attached hydrogens (tertiary/aromatic N) is 2. The third-order valence-corrected chi connectivity index (χ3v) is 2.99.